The molecule has 1 aliphatic heterocycles. The number of carbonyl (C=O) groups is 1. The molecular formula is C18H17N3O4S. The maximum Gasteiger partial charge on any atom is 0.291 e. The number of sulfonamides is 1. The molecule has 2 aromatic heterocycles. The zero-order valence-corrected chi connectivity index (χ0v) is 14.7. The van der Waals surface area contributed by atoms with Gasteiger partial charge in [-0.15, -0.1) is 0 Å². The van der Waals surface area contributed by atoms with E-state index in [9.17, 15) is 13.2 Å². The number of fused-ring (bicyclic) bond motifs is 1. The Balaban J connectivity index is 1.54. The number of benzene rings is 1. The Morgan fingerprint density at radius 2 is 1.88 bits per heavy atom. The molecule has 0 radical (unpaired) electrons. The van der Waals surface area contributed by atoms with Gasteiger partial charge in [0.1, 0.15) is 0 Å². The summed E-state index contributed by atoms with van der Waals surface area (Å²) in [7, 11) is -3.68. The third-order valence-corrected chi connectivity index (χ3v) is 6.09. The molecule has 0 atom stereocenters. The lowest BCUT2D eigenvalue weighted by atomic mass is 10.2. The highest BCUT2D eigenvalue weighted by atomic mass is 32.2. The number of furan rings is 1. The molecular weight excluding hydrogens is 354 g/mol. The van der Waals surface area contributed by atoms with Gasteiger partial charge in [0.2, 0.25) is 5.09 Å². The lowest BCUT2D eigenvalue weighted by Gasteiger charge is -2.12. The maximum absolute atomic E-state index is 12.5. The summed E-state index contributed by atoms with van der Waals surface area (Å²) in [6, 6.07) is 12.0. The van der Waals surface area contributed by atoms with Crippen LogP contribution in [0.15, 0.2) is 58.2 Å². The second-order valence-electron chi connectivity index (χ2n) is 6.10. The van der Waals surface area contributed by atoms with Gasteiger partial charge in [0.15, 0.2) is 5.76 Å². The van der Waals surface area contributed by atoms with Gasteiger partial charge in [-0.05, 0) is 37.1 Å². The number of aromatic nitrogens is 1. The summed E-state index contributed by atoms with van der Waals surface area (Å²) in [6.07, 6.45) is 3.22. The van der Waals surface area contributed by atoms with Gasteiger partial charge in [-0.25, -0.2) is 8.42 Å². The molecule has 4 rings (SSSR count). The Morgan fingerprint density at radius 1 is 1.12 bits per heavy atom. The van der Waals surface area contributed by atoms with Gasteiger partial charge in [0.25, 0.3) is 15.9 Å². The van der Waals surface area contributed by atoms with Crippen molar-refractivity contribution in [2.24, 2.45) is 0 Å². The topological polar surface area (TPSA) is 92.5 Å². The van der Waals surface area contributed by atoms with Gasteiger partial charge in [-0.2, -0.15) is 4.31 Å². The summed E-state index contributed by atoms with van der Waals surface area (Å²) >= 11 is 0. The minimum atomic E-state index is -3.68. The van der Waals surface area contributed by atoms with Gasteiger partial charge >= 0.3 is 0 Å². The van der Waals surface area contributed by atoms with E-state index in [1.54, 1.807) is 12.3 Å². The number of carbonyl (C=O) groups excluding carboxylic acids is 1. The second-order valence-corrected chi connectivity index (χ2v) is 7.97. The van der Waals surface area contributed by atoms with Gasteiger partial charge in [-0.1, -0.05) is 18.2 Å². The normalized spacial score (nSPS) is 15.4. The summed E-state index contributed by atoms with van der Waals surface area (Å²) in [5.41, 5.74) is 1.33. The molecule has 0 spiro atoms. The van der Waals surface area contributed by atoms with Crippen LogP contribution < -0.4 is 5.32 Å². The smallest absolute Gasteiger partial charge is 0.291 e. The predicted molar refractivity (Wildman–Crippen MR) is 96.4 cm³/mol. The summed E-state index contributed by atoms with van der Waals surface area (Å²) in [5.74, 6) is -0.583. The Labute approximate surface area is 150 Å². The standard InChI is InChI=1S/C18H17N3O4S/c22-18(20-14-11-13-5-1-2-6-15(13)19-12-14)16-7-8-17(25-16)26(23,24)21-9-3-4-10-21/h1-2,5-8,11-12H,3-4,9-10H2,(H,20,22). The molecule has 0 bridgehead atoms. The van der Waals surface area contributed by atoms with Gasteiger partial charge in [0.05, 0.1) is 17.4 Å². The van der Waals surface area contributed by atoms with E-state index in [0.29, 0.717) is 18.8 Å². The Bertz CT molecular complexity index is 1070. The van der Waals surface area contributed by atoms with E-state index in [0.717, 1.165) is 23.7 Å². The van der Waals surface area contributed by atoms with E-state index >= 15 is 0 Å². The quantitative estimate of drug-likeness (QED) is 0.761. The fourth-order valence-corrected chi connectivity index (χ4v) is 4.40. The third kappa shape index (κ3) is 3.09. The molecule has 0 saturated carbocycles. The fraction of sp³-hybridized carbons (Fsp3) is 0.222. The van der Waals surface area contributed by atoms with Crippen molar-refractivity contribution in [3.63, 3.8) is 0 Å². The Hall–Kier alpha value is -2.71. The third-order valence-electron chi connectivity index (χ3n) is 4.31. The number of nitrogens with one attached hydrogen (secondary N) is 1. The molecule has 0 aliphatic carbocycles. The monoisotopic (exact) mass is 371 g/mol. The number of amides is 1. The van der Waals surface area contributed by atoms with Gasteiger partial charge in [0, 0.05) is 18.5 Å². The van der Waals surface area contributed by atoms with Crippen LogP contribution in [-0.2, 0) is 10.0 Å². The van der Waals surface area contributed by atoms with Crippen LogP contribution in [0, 0.1) is 0 Å². The first kappa shape index (κ1) is 16.7. The maximum atomic E-state index is 12.5. The van der Waals surface area contributed by atoms with E-state index in [1.165, 1.54) is 16.4 Å². The van der Waals surface area contributed by atoms with Crippen molar-refractivity contribution >= 4 is 32.5 Å². The van der Waals surface area contributed by atoms with Crippen molar-refractivity contribution in [3.8, 4) is 0 Å². The summed E-state index contributed by atoms with van der Waals surface area (Å²) < 4.78 is 31.6. The number of anilines is 1. The molecule has 0 unspecified atom stereocenters. The first-order chi connectivity index (χ1) is 12.5. The summed E-state index contributed by atoms with van der Waals surface area (Å²) in [4.78, 5) is 16.6. The van der Waals surface area contributed by atoms with E-state index in [-0.39, 0.29) is 10.9 Å². The van der Waals surface area contributed by atoms with Crippen molar-refractivity contribution < 1.29 is 17.6 Å². The number of nitrogens with zero attached hydrogens (tertiary/aromatic N) is 2. The van der Waals surface area contributed by atoms with E-state index in [2.05, 4.69) is 10.3 Å². The summed E-state index contributed by atoms with van der Waals surface area (Å²) in [5, 5.41) is 3.36. The van der Waals surface area contributed by atoms with Crippen LogP contribution >= 0.6 is 0 Å². The number of para-hydroxylation sites is 1. The van der Waals surface area contributed by atoms with Crippen molar-refractivity contribution in [3.05, 3.63) is 54.4 Å². The van der Waals surface area contributed by atoms with Crippen LogP contribution in [0.5, 0.6) is 0 Å². The SMILES string of the molecule is O=C(Nc1cnc2ccccc2c1)c1ccc(S(=O)(=O)N2CCCC2)o1. The molecule has 1 aliphatic rings. The van der Waals surface area contributed by atoms with E-state index in [1.807, 2.05) is 24.3 Å². The van der Waals surface area contributed by atoms with Crippen molar-refractivity contribution in [1.82, 2.24) is 9.29 Å². The molecule has 3 heterocycles. The van der Waals surface area contributed by atoms with Crippen LogP contribution in [0.4, 0.5) is 5.69 Å². The molecule has 3 aromatic rings. The zero-order chi connectivity index (χ0) is 18.1. The number of pyridine rings is 1. The lowest BCUT2D eigenvalue weighted by molar-refractivity contribution is 0.0991. The molecule has 1 N–H and O–H groups in total. The van der Waals surface area contributed by atoms with Gasteiger partial charge < -0.3 is 9.73 Å². The summed E-state index contributed by atoms with van der Waals surface area (Å²) in [6.45, 7) is 0.959. The van der Waals surface area contributed by atoms with Crippen LogP contribution in [-0.4, -0.2) is 36.7 Å². The first-order valence-electron chi connectivity index (χ1n) is 8.30. The molecule has 26 heavy (non-hydrogen) atoms. The minimum absolute atomic E-state index is 0.0593. The molecule has 1 fully saturated rings. The predicted octanol–water partition coefficient (Wildman–Crippen LogP) is 2.86. The van der Waals surface area contributed by atoms with Crippen LogP contribution in [0.1, 0.15) is 23.4 Å². The number of hydrogen-bond acceptors (Lipinski definition) is 5. The highest BCUT2D eigenvalue weighted by Crippen LogP contribution is 2.23. The van der Waals surface area contributed by atoms with Crippen molar-refractivity contribution in [2.45, 2.75) is 17.9 Å². The molecule has 134 valence electrons. The molecule has 1 amide bonds. The highest BCUT2D eigenvalue weighted by Gasteiger charge is 2.30. The van der Waals surface area contributed by atoms with Crippen molar-refractivity contribution in [1.29, 1.82) is 0 Å². The average molecular weight is 371 g/mol. The molecule has 7 nitrogen and oxygen atoms in total. The zero-order valence-electron chi connectivity index (χ0n) is 13.9. The minimum Gasteiger partial charge on any atom is -0.438 e. The Kier molecular flexibility index (Phi) is 4.21. The lowest BCUT2D eigenvalue weighted by Crippen LogP contribution is -2.27. The van der Waals surface area contributed by atoms with Crippen LogP contribution in [0.2, 0.25) is 0 Å². The molecule has 8 heteroatoms. The van der Waals surface area contributed by atoms with Gasteiger partial charge in [-0.3, -0.25) is 9.78 Å². The molecule has 1 aromatic carbocycles. The number of rotatable bonds is 4. The number of hydrogen-bond donors (Lipinski definition) is 1. The molecule has 1 saturated heterocycles. The van der Waals surface area contributed by atoms with E-state index in [4.69, 9.17) is 4.42 Å². The van der Waals surface area contributed by atoms with Crippen LogP contribution in [0.3, 0.4) is 0 Å². The van der Waals surface area contributed by atoms with Crippen molar-refractivity contribution in [2.75, 3.05) is 18.4 Å². The fourth-order valence-electron chi connectivity index (χ4n) is 2.97. The Morgan fingerprint density at radius 3 is 2.69 bits per heavy atom. The second kappa shape index (κ2) is 6.54. The van der Waals surface area contributed by atoms with Crippen LogP contribution in [0.25, 0.3) is 10.9 Å². The largest absolute Gasteiger partial charge is 0.438 e. The van der Waals surface area contributed by atoms with E-state index < -0.39 is 15.9 Å². The highest BCUT2D eigenvalue weighted by molar-refractivity contribution is 7.89. The first-order valence-corrected chi connectivity index (χ1v) is 9.74. The average Bonchev–Trinajstić information content (AvgIpc) is 3.34.